The third kappa shape index (κ3) is 4.77. The van der Waals surface area contributed by atoms with Gasteiger partial charge in [-0.1, -0.05) is 115 Å². The molecule has 47 heavy (non-hydrogen) atoms. The Morgan fingerprint density at radius 1 is 0.404 bits per heavy atom. The summed E-state index contributed by atoms with van der Waals surface area (Å²) in [7, 11) is 0. The van der Waals surface area contributed by atoms with Crippen LogP contribution in [0.25, 0.3) is 64.0 Å². The first-order chi connectivity index (χ1) is 23.2. The highest BCUT2D eigenvalue weighted by Crippen LogP contribution is 2.42. The van der Waals surface area contributed by atoms with Crippen molar-refractivity contribution in [1.29, 1.82) is 0 Å². The summed E-state index contributed by atoms with van der Waals surface area (Å²) >= 11 is 1.86. The molecule has 0 bridgehead atoms. The van der Waals surface area contributed by atoms with E-state index < -0.39 is 0 Å². The molecule has 0 aliphatic rings. The van der Waals surface area contributed by atoms with E-state index in [1.807, 2.05) is 11.3 Å². The van der Waals surface area contributed by atoms with Crippen molar-refractivity contribution in [3.63, 3.8) is 0 Å². The summed E-state index contributed by atoms with van der Waals surface area (Å²) in [6, 6.07) is 62.0. The van der Waals surface area contributed by atoms with Crippen LogP contribution in [-0.2, 0) is 0 Å². The number of fused-ring (bicyclic) bond motifs is 5. The van der Waals surface area contributed by atoms with Crippen LogP contribution < -0.4 is 4.90 Å². The lowest BCUT2D eigenvalue weighted by Crippen LogP contribution is -2.09. The van der Waals surface area contributed by atoms with Crippen LogP contribution in [-0.4, -0.2) is 0 Å². The lowest BCUT2D eigenvalue weighted by Gasteiger charge is -2.26. The van der Waals surface area contributed by atoms with Crippen LogP contribution in [0.5, 0.6) is 0 Å². The summed E-state index contributed by atoms with van der Waals surface area (Å²) < 4.78 is 2.64. The summed E-state index contributed by atoms with van der Waals surface area (Å²) in [5.41, 5.74) is 9.69. The molecule has 2 heteroatoms. The largest absolute Gasteiger partial charge is 0.310 e. The molecule has 1 heterocycles. The quantitative estimate of drug-likeness (QED) is 0.186. The van der Waals surface area contributed by atoms with Crippen LogP contribution >= 0.6 is 11.3 Å². The summed E-state index contributed by atoms with van der Waals surface area (Å²) in [4.78, 5) is 2.36. The highest BCUT2D eigenvalue weighted by atomic mass is 32.1. The van der Waals surface area contributed by atoms with Crippen molar-refractivity contribution in [2.45, 2.75) is 6.92 Å². The normalized spacial score (nSPS) is 11.5. The standard InChI is InChI=1S/C45H31NS/c1-30-18-26-38(41-16-9-15-39(45(30)41)34-20-19-31-10-5-6-11-33(31)28-34)32-21-23-36(24-22-32)46(35-12-3-2-4-13-35)37-25-27-44-42(29-37)40-14-7-8-17-43(40)47-44/h2-29H,1H3. The average molecular weight is 618 g/mol. The third-order valence-electron chi connectivity index (χ3n) is 9.38. The number of anilines is 3. The molecule has 222 valence electrons. The van der Waals surface area contributed by atoms with Crippen LogP contribution in [0.1, 0.15) is 5.56 Å². The van der Waals surface area contributed by atoms with Gasteiger partial charge in [-0.05, 0) is 111 Å². The second-order valence-electron chi connectivity index (χ2n) is 12.2. The Balaban J connectivity index is 1.15. The van der Waals surface area contributed by atoms with Gasteiger partial charge in [-0.2, -0.15) is 0 Å². The fourth-order valence-electron chi connectivity index (χ4n) is 7.10. The maximum Gasteiger partial charge on any atom is 0.0468 e. The van der Waals surface area contributed by atoms with E-state index in [0.717, 1.165) is 17.1 Å². The molecule has 0 aliphatic heterocycles. The molecule has 0 saturated carbocycles. The first-order valence-electron chi connectivity index (χ1n) is 16.1. The first-order valence-corrected chi connectivity index (χ1v) is 16.9. The molecule has 1 aromatic heterocycles. The molecular formula is C45H31NS. The van der Waals surface area contributed by atoms with Crippen LogP contribution in [0.2, 0.25) is 0 Å². The van der Waals surface area contributed by atoms with Gasteiger partial charge < -0.3 is 4.90 Å². The smallest absolute Gasteiger partial charge is 0.0468 e. The monoisotopic (exact) mass is 617 g/mol. The van der Waals surface area contributed by atoms with Gasteiger partial charge in [0.1, 0.15) is 0 Å². The van der Waals surface area contributed by atoms with Crippen LogP contribution in [0.4, 0.5) is 17.1 Å². The molecule has 8 aromatic carbocycles. The first kappa shape index (κ1) is 27.6. The number of para-hydroxylation sites is 1. The van der Waals surface area contributed by atoms with Crippen molar-refractivity contribution in [2.75, 3.05) is 4.90 Å². The number of hydrogen-bond donors (Lipinski definition) is 0. The van der Waals surface area contributed by atoms with Gasteiger partial charge >= 0.3 is 0 Å². The Kier molecular flexibility index (Phi) is 6.62. The van der Waals surface area contributed by atoms with Crippen molar-refractivity contribution in [1.82, 2.24) is 0 Å². The van der Waals surface area contributed by atoms with Crippen molar-refractivity contribution >= 4 is 70.1 Å². The molecule has 0 unspecified atom stereocenters. The maximum absolute atomic E-state index is 2.36. The summed E-state index contributed by atoms with van der Waals surface area (Å²) in [5, 5.41) is 7.73. The molecule has 1 nitrogen and oxygen atoms in total. The van der Waals surface area contributed by atoms with E-state index in [9.17, 15) is 0 Å². The van der Waals surface area contributed by atoms with Crippen molar-refractivity contribution in [3.8, 4) is 22.3 Å². The van der Waals surface area contributed by atoms with Crippen LogP contribution in [0.15, 0.2) is 170 Å². The van der Waals surface area contributed by atoms with E-state index in [1.54, 1.807) is 0 Å². The van der Waals surface area contributed by atoms with Gasteiger partial charge in [-0.25, -0.2) is 0 Å². The van der Waals surface area contributed by atoms with E-state index in [0.29, 0.717) is 0 Å². The Labute approximate surface area is 278 Å². The van der Waals surface area contributed by atoms with E-state index >= 15 is 0 Å². The van der Waals surface area contributed by atoms with Crippen molar-refractivity contribution in [3.05, 3.63) is 175 Å². The zero-order valence-electron chi connectivity index (χ0n) is 26.0. The number of hydrogen-bond acceptors (Lipinski definition) is 2. The minimum absolute atomic E-state index is 1.13. The fraction of sp³-hybridized carbons (Fsp3) is 0.0222. The molecular weight excluding hydrogens is 587 g/mol. The van der Waals surface area contributed by atoms with Crippen LogP contribution in [0, 0.1) is 6.92 Å². The van der Waals surface area contributed by atoms with Gasteiger partial charge in [0.05, 0.1) is 0 Å². The Bertz CT molecular complexity index is 2580. The second-order valence-corrected chi connectivity index (χ2v) is 13.3. The molecule has 0 spiro atoms. The summed E-state index contributed by atoms with van der Waals surface area (Å²) in [6.07, 6.45) is 0. The topological polar surface area (TPSA) is 3.24 Å². The van der Waals surface area contributed by atoms with Gasteiger partial charge in [-0.3, -0.25) is 0 Å². The van der Waals surface area contributed by atoms with Gasteiger partial charge in [0.25, 0.3) is 0 Å². The van der Waals surface area contributed by atoms with Gasteiger partial charge in [0.15, 0.2) is 0 Å². The van der Waals surface area contributed by atoms with Crippen molar-refractivity contribution in [2.24, 2.45) is 0 Å². The van der Waals surface area contributed by atoms with E-state index in [4.69, 9.17) is 0 Å². The minimum atomic E-state index is 1.13. The zero-order valence-corrected chi connectivity index (χ0v) is 26.8. The number of nitrogens with zero attached hydrogens (tertiary/aromatic N) is 1. The van der Waals surface area contributed by atoms with Gasteiger partial charge in [0, 0.05) is 37.2 Å². The summed E-state index contributed by atoms with van der Waals surface area (Å²) in [6.45, 7) is 2.23. The lowest BCUT2D eigenvalue weighted by molar-refractivity contribution is 1.29. The SMILES string of the molecule is Cc1ccc(-c2ccc(N(c3ccccc3)c3ccc4sc5ccccc5c4c3)cc2)c2cccc(-c3ccc4ccccc4c3)c12. The van der Waals surface area contributed by atoms with E-state index in [-0.39, 0.29) is 0 Å². The lowest BCUT2D eigenvalue weighted by atomic mass is 9.89. The van der Waals surface area contributed by atoms with Gasteiger partial charge in [-0.15, -0.1) is 11.3 Å². The molecule has 0 atom stereocenters. The van der Waals surface area contributed by atoms with Crippen LogP contribution in [0.3, 0.4) is 0 Å². The van der Waals surface area contributed by atoms with Gasteiger partial charge in [0.2, 0.25) is 0 Å². The molecule has 0 radical (unpaired) electrons. The highest BCUT2D eigenvalue weighted by Gasteiger charge is 2.16. The molecule has 0 amide bonds. The minimum Gasteiger partial charge on any atom is -0.310 e. The predicted molar refractivity (Wildman–Crippen MR) is 205 cm³/mol. The molecule has 9 rings (SSSR count). The molecule has 0 saturated heterocycles. The molecule has 9 aromatic rings. The number of benzene rings is 8. The molecule has 0 aliphatic carbocycles. The second kappa shape index (κ2) is 11.3. The summed E-state index contributed by atoms with van der Waals surface area (Å²) in [5.74, 6) is 0. The Hall–Kier alpha value is -5.70. The molecule has 0 fully saturated rings. The Morgan fingerprint density at radius 3 is 1.96 bits per heavy atom. The maximum atomic E-state index is 2.36. The third-order valence-corrected chi connectivity index (χ3v) is 10.5. The number of aryl methyl sites for hydroxylation is 1. The average Bonchev–Trinajstić information content (AvgIpc) is 3.50. The fourth-order valence-corrected chi connectivity index (χ4v) is 8.19. The molecule has 0 N–H and O–H groups in total. The van der Waals surface area contributed by atoms with E-state index in [2.05, 4.69) is 182 Å². The highest BCUT2D eigenvalue weighted by molar-refractivity contribution is 7.25. The zero-order chi connectivity index (χ0) is 31.3. The van der Waals surface area contributed by atoms with Crippen molar-refractivity contribution < 1.29 is 0 Å². The Morgan fingerprint density at radius 2 is 1.09 bits per heavy atom. The van der Waals surface area contributed by atoms with E-state index in [1.165, 1.54) is 69.5 Å². The predicted octanol–water partition coefficient (Wildman–Crippen LogP) is 13.5. The number of thiophene rings is 1. The number of rotatable bonds is 5.